The second-order valence-corrected chi connectivity index (χ2v) is 6.35. The summed E-state index contributed by atoms with van der Waals surface area (Å²) in [6.45, 7) is 1.97. The number of hydrogen-bond donors (Lipinski definition) is 2. The molecule has 17 heavy (non-hydrogen) atoms. The van der Waals surface area contributed by atoms with Gasteiger partial charge in [-0.25, -0.2) is 0 Å². The molecule has 0 bridgehead atoms. The van der Waals surface area contributed by atoms with E-state index in [9.17, 15) is 4.79 Å². The molecule has 3 nitrogen and oxygen atoms in total. The van der Waals surface area contributed by atoms with Crippen LogP contribution in [0.3, 0.4) is 0 Å². The zero-order valence-electron chi connectivity index (χ0n) is 9.63. The molecule has 1 amide bonds. The minimum Gasteiger partial charge on any atom is -0.397 e. The highest BCUT2D eigenvalue weighted by Gasteiger charge is 2.37. The van der Waals surface area contributed by atoms with Crippen molar-refractivity contribution in [3.63, 3.8) is 0 Å². The van der Waals surface area contributed by atoms with E-state index in [1.165, 1.54) is 0 Å². The number of nitrogens with two attached hydrogens (primary N) is 1. The van der Waals surface area contributed by atoms with Crippen LogP contribution in [0.1, 0.15) is 19.8 Å². The molecule has 2 rings (SSSR count). The molecule has 1 aromatic rings. The first-order chi connectivity index (χ1) is 8.03. The summed E-state index contributed by atoms with van der Waals surface area (Å²) in [7, 11) is 0. The summed E-state index contributed by atoms with van der Waals surface area (Å²) in [4.78, 5) is 12.2. The third-order valence-electron chi connectivity index (χ3n) is 2.98. The quantitative estimate of drug-likeness (QED) is 0.812. The summed E-state index contributed by atoms with van der Waals surface area (Å²) >= 11 is 7.71. The van der Waals surface area contributed by atoms with Crippen LogP contribution in [0, 0.1) is 0 Å². The van der Waals surface area contributed by atoms with Crippen LogP contribution in [0.2, 0.25) is 5.02 Å². The first kappa shape index (κ1) is 12.6. The minimum atomic E-state index is -0.356. The van der Waals surface area contributed by atoms with Crippen LogP contribution in [0.15, 0.2) is 18.2 Å². The number of para-hydroxylation sites is 1. The summed E-state index contributed by atoms with van der Waals surface area (Å²) < 4.78 is -0.356. The minimum absolute atomic E-state index is 0.0141. The van der Waals surface area contributed by atoms with Gasteiger partial charge in [0.2, 0.25) is 5.91 Å². The number of benzene rings is 1. The molecule has 1 aromatic carbocycles. The molecular weight excluding hydrogens is 256 g/mol. The largest absolute Gasteiger partial charge is 0.397 e. The van der Waals surface area contributed by atoms with E-state index >= 15 is 0 Å². The number of nitrogen functional groups attached to an aromatic ring is 1. The van der Waals surface area contributed by atoms with Gasteiger partial charge >= 0.3 is 0 Å². The van der Waals surface area contributed by atoms with Crippen molar-refractivity contribution in [2.75, 3.05) is 16.8 Å². The first-order valence-electron chi connectivity index (χ1n) is 5.52. The van der Waals surface area contributed by atoms with Crippen molar-refractivity contribution in [1.29, 1.82) is 0 Å². The lowest BCUT2D eigenvalue weighted by atomic mass is 10.0. The standard InChI is InChI=1S/C12H15ClN2OS/c1-12(6-3-7-17-12)11(16)15-10-8(13)4-2-5-9(10)14/h2,4-5H,3,6-7,14H2,1H3,(H,15,16). The van der Waals surface area contributed by atoms with E-state index in [4.69, 9.17) is 17.3 Å². The average Bonchev–Trinajstić information content (AvgIpc) is 2.72. The maximum absolute atomic E-state index is 12.2. The van der Waals surface area contributed by atoms with E-state index < -0.39 is 0 Å². The van der Waals surface area contributed by atoms with Gasteiger partial charge in [0.1, 0.15) is 0 Å². The van der Waals surface area contributed by atoms with Crippen molar-refractivity contribution >= 4 is 40.6 Å². The van der Waals surface area contributed by atoms with E-state index in [0.29, 0.717) is 16.4 Å². The molecule has 1 saturated heterocycles. The van der Waals surface area contributed by atoms with Gasteiger partial charge in [0.05, 0.1) is 21.1 Å². The van der Waals surface area contributed by atoms with Gasteiger partial charge in [-0.3, -0.25) is 4.79 Å². The number of rotatable bonds is 2. The first-order valence-corrected chi connectivity index (χ1v) is 6.89. The average molecular weight is 271 g/mol. The van der Waals surface area contributed by atoms with Crippen molar-refractivity contribution in [2.24, 2.45) is 0 Å². The smallest absolute Gasteiger partial charge is 0.240 e. The van der Waals surface area contributed by atoms with Gasteiger partial charge < -0.3 is 11.1 Å². The Morgan fingerprint density at radius 1 is 1.59 bits per heavy atom. The van der Waals surface area contributed by atoms with Crippen LogP contribution in [-0.4, -0.2) is 16.4 Å². The number of nitrogens with one attached hydrogen (secondary N) is 1. The number of amides is 1. The molecule has 0 saturated carbocycles. The Kier molecular flexibility index (Phi) is 3.54. The zero-order valence-corrected chi connectivity index (χ0v) is 11.2. The van der Waals surface area contributed by atoms with E-state index in [2.05, 4.69) is 5.32 Å². The Morgan fingerprint density at radius 2 is 2.35 bits per heavy atom. The van der Waals surface area contributed by atoms with Gasteiger partial charge in [-0.15, -0.1) is 11.8 Å². The summed E-state index contributed by atoms with van der Waals surface area (Å²) in [5.74, 6) is 1.02. The SMILES string of the molecule is CC1(C(=O)Nc2c(N)cccc2Cl)CCCS1. The fourth-order valence-corrected chi connectivity index (χ4v) is 3.32. The Hall–Kier alpha value is -0.870. The molecule has 1 heterocycles. The fourth-order valence-electron chi connectivity index (χ4n) is 1.88. The van der Waals surface area contributed by atoms with Crippen molar-refractivity contribution in [3.05, 3.63) is 23.2 Å². The Bertz CT molecular complexity index is 424. The molecule has 3 N–H and O–H groups in total. The van der Waals surface area contributed by atoms with Crippen molar-refractivity contribution in [2.45, 2.75) is 24.5 Å². The number of halogens is 1. The number of carbonyl (C=O) groups excluding carboxylic acids is 1. The molecular formula is C12H15ClN2OS. The molecule has 0 radical (unpaired) electrons. The third-order valence-corrected chi connectivity index (χ3v) is 4.82. The van der Waals surface area contributed by atoms with Crippen LogP contribution in [0.5, 0.6) is 0 Å². The Balaban J connectivity index is 2.18. The van der Waals surface area contributed by atoms with Gasteiger partial charge in [0.25, 0.3) is 0 Å². The van der Waals surface area contributed by atoms with Gasteiger partial charge in [0.15, 0.2) is 0 Å². The van der Waals surface area contributed by atoms with Crippen molar-refractivity contribution < 1.29 is 4.79 Å². The molecule has 1 aliphatic rings. The molecule has 92 valence electrons. The number of hydrogen-bond acceptors (Lipinski definition) is 3. The van der Waals surface area contributed by atoms with Gasteiger partial charge in [-0.05, 0) is 37.7 Å². The van der Waals surface area contributed by atoms with E-state index in [0.717, 1.165) is 18.6 Å². The Labute approximate surface area is 110 Å². The molecule has 0 aliphatic carbocycles. The zero-order chi connectivity index (χ0) is 12.5. The number of anilines is 2. The molecule has 0 spiro atoms. The Morgan fingerprint density at radius 3 is 2.94 bits per heavy atom. The van der Waals surface area contributed by atoms with Crippen LogP contribution < -0.4 is 11.1 Å². The second kappa shape index (κ2) is 4.78. The fraction of sp³-hybridized carbons (Fsp3) is 0.417. The maximum Gasteiger partial charge on any atom is 0.240 e. The highest BCUT2D eigenvalue weighted by molar-refractivity contribution is 8.01. The van der Waals surface area contributed by atoms with Crippen molar-refractivity contribution in [1.82, 2.24) is 0 Å². The van der Waals surface area contributed by atoms with E-state index in [-0.39, 0.29) is 10.7 Å². The van der Waals surface area contributed by atoms with Crippen molar-refractivity contribution in [3.8, 4) is 0 Å². The second-order valence-electron chi connectivity index (χ2n) is 4.34. The van der Waals surface area contributed by atoms with Crippen LogP contribution in [0.25, 0.3) is 0 Å². The summed E-state index contributed by atoms with van der Waals surface area (Å²) in [5, 5.41) is 3.32. The topological polar surface area (TPSA) is 55.1 Å². The number of thioether (sulfide) groups is 1. The molecule has 5 heteroatoms. The molecule has 0 aromatic heterocycles. The highest BCUT2D eigenvalue weighted by Crippen LogP contribution is 2.39. The maximum atomic E-state index is 12.2. The van der Waals surface area contributed by atoms with Gasteiger partial charge in [0, 0.05) is 0 Å². The lowest BCUT2D eigenvalue weighted by Crippen LogP contribution is -2.35. The summed E-state index contributed by atoms with van der Waals surface area (Å²) in [6, 6.07) is 5.21. The normalized spacial score (nSPS) is 23.6. The lowest BCUT2D eigenvalue weighted by Gasteiger charge is -2.22. The molecule has 1 atom stereocenters. The third kappa shape index (κ3) is 2.53. The van der Waals surface area contributed by atoms with Gasteiger partial charge in [-0.2, -0.15) is 0 Å². The highest BCUT2D eigenvalue weighted by atomic mass is 35.5. The van der Waals surface area contributed by atoms with Crippen LogP contribution >= 0.6 is 23.4 Å². The lowest BCUT2D eigenvalue weighted by molar-refractivity contribution is -0.118. The summed E-state index contributed by atoms with van der Waals surface area (Å²) in [6.07, 6.45) is 1.97. The monoisotopic (exact) mass is 270 g/mol. The molecule has 1 unspecified atom stereocenters. The van der Waals surface area contributed by atoms with Crippen LogP contribution in [-0.2, 0) is 4.79 Å². The predicted octanol–water partition coefficient (Wildman–Crippen LogP) is 3.15. The number of carbonyl (C=O) groups is 1. The molecule has 1 aliphatic heterocycles. The van der Waals surface area contributed by atoms with Crippen LogP contribution in [0.4, 0.5) is 11.4 Å². The predicted molar refractivity (Wildman–Crippen MR) is 74.6 cm³/mol. The van der Waals surface area contributed by atoms with E-state index in [1.54, 1.807) is 30.0 Å². The van der Waals surface area contributed by atoms with E-state index in [1.807, 2.05) is 6.92 Å². The summed E-state index contributed by atoms with van der Waals surface area (Å²) in [5.41, 5.74) is 6.82. The van der Waals surface area contributed by atoms with Gasteiger partial charge in [-0.1, -0.05) is 17.7 Å². The molecule has 1 fully saturated rings.